The zero-order chi connectivity index (χ0) is 18.2. The summed E-state index contributed by atoms with van der Waals surface area (Å²) in [5.74, 6) is -1.71. The second kappa shape index (κ2) is 8.72. The van der Waals surface area contributed by atoms with Gasteiger partial charge in [-0.3, -0.25) is 9.59 Å². The van der Waals surface area contributed by atoms with Crippen molar-refractivity contribution in [3.63, 3.8) is 0 Å². The Labute approximate surface area is 144 Å². The van der Waals surface area contributed by atoms with E-state index in [1.54, 1.807) is 39.2 Å². The van der Waals surface area contributed by atoms with Crippen molar-refractivity contribution in [3.8, 4) is 5.75 Å². The number of carbonyl (C=O) groups excluding carboxylic acids is 2. The van der Waals surface area contributed by atoms with Gasteiger partial charge >= 0.3 is 11.9 Å². The molecule has 132 valence electrons. The lowest BCUT2D eigenvalue weighted by atomic mass is 10.1. The van der Waals surface area contributed by atoms with Crippen molar-refractivity contribution in [1.82, 2.24) is 9.97 Å². The second-order valence-electron chi connectivity index (χ2n) is 4.84. The van der Waals surface area contributed by atoms with Crippen molar-refractivity contribution in [2.75, 3.05) is 20.3 Å². The molecule has 0 saturated heterocycles. The largest absolute Gasteiger partial charge is 0.497 e. The normalized spacial score (nSPS) is 11.0. The van der Waals surface area contributed by atoms with Crippen LogP contribution >= 0.6 is 0 Å². The smallest absolute Gasteiger partial charge is 0.325 e. The lowest BCUT2D eigenvalue weighted by Crippen LogP contribution is -2.29. The number of fused-ring (bicyclic) bond motifs is 1. The van der Waals surface area contributed by atoms with Gasteiger partial charge in [-0.05, 0) is 26.0 Å². The van der Waals surface area contributed by atoms with Gasteiger partial charge in [0.15, 0.2) is 11.7 Å². The summed E-state index contributed by atoms with van der Waals surface area (Å²) in [6.45, 7) is 3.61. The molecule has 0 aliphatic carbocycles. The van der Waals surface area contributed by atoms with Crippen LogP contribution in [0.2, 0.25) is 0 Å². The van der Waals surface area contributed by atoms with E-state index < -0.39 is 17.9 Å². The monoisotopic (exact) mass is 345 g/mol. The van der Waals surface area contributed by atoms with Gasteiger partial charge < -0.3 is 14.2 Å². The van der Waals surface area contributed by atoms with Crippen molar-refractivity contribution in [2.45, 2.75) is 13.8 Å². The molecule has 0 aliphatic heterocycles. The molecule has 1 aromatic carbocycles. The molecule has 2 rings (SSSR count). The molecule has 0 unspecified atom stereocenters. The van der Waals surface area contributed by atoms with Crippen molar-refractivity contribution < 1.29 is 23.8 Å². The van der Waals surface area contributed by atoms with Gasteiger partial charge in [0.25, 0.3) is 0 Å². The highest BCUT2D eigenvalue weighted by molar-refractivity contribution is 6.09. The number of rotatable bonds is 7. The Bertz CT molecular complexity index is 773. The van der Waals surface area contributed by atoms with Crippen molar-refractivity contribution >= 4 is 34.9 Å². The van der Waals surface area contributed by atoms with Crippen LogP contribution in [-0.4, -0.2) is 48.4 Å². The van der Waals surface area contributed by atoms with Crippen molar-refractivity contribution in [3.05, 3.63) is 24.5 Å². The minimum atomic E-state index is -1.25. The summed E-state index contributed by atoms with van der Waals surface area (Å²) in [6, 6.07) is 5.24. The third kappa shape index (κ3) is 4.50. The predicted octanol–water partition coefficient (Wildman–Crippen LogP) is 2.08. The molecule has 25 heavy (non-hydrogen) atoms. The summed E-state index contributed by atoms with van der Waals surface area (Å²) in [5.41, 5.74) is 0.630. The molecule has 0 amide bonds. The fraction of sp³-hybridized carbons (Fsp3) is 0.353. The molecule has 0 radical (unpaired) electrons. The first-order valence-electron chi connectivity index (χ1n) is 7.76. The zero-order valence-corrected chi connectivity index (χ0v) is 14.3. The first kappa shape index (κ1) is 18.3. The Morgan fingerprint density at radius 3 is 2.44 bits per heavy atom. The number of nitrogens with zero attached hydrogens (tertiary/aromatic N) is 3. The molecule has 1 aromatic heterocycles. The van der Waals surface area contributed by atoms with E-state index in [1.165, 1.54) is 12.5 Å². The lowest BCUT2D eigenvalue weighted by Gasteiger charge is -2.10. The molecule has 0 fully saturated rings. The molecule has 2 aromatic rings. The maximum atomic E-state index is 12.0. The number of ether oxygens (including phenoxy) is 3. The number of carbonyl (C=O) groups is 2. The molecule has 8 heteroatoms. The van der Waals surface area contributed by atoms with Crippen LogP contribution in [0.25, 0.3) is 10.9 Å². The minimum Gasteiger partial charge on any atom is -0.497 e. The van der Waals surface area contributed by atoms with Crippen LogP contribution in [0.3, 0.4) is 0 Å². The minimum absolute atomic E-state index is 0.152. The van der Waals surface area contributed by atoms with Gasteiger partial charge in [-0.2, -0.15) is 0 Å². The summed E-state index contributed by atoms with van der Waals surface area (Å²) >= 11 is 0. The summed E-state index contributed by atoms with van der Waals surface area (Å²) in [4.78, 5) is 36.4. The zero-order valence-electron chi connectivity index (χ0n) is 14.3. The highest BCUT2D eigenvalue weighted by Gasteiger charge is 2.27. The molecule has 0 bridgehead atoms. The van der Waals surface area contributed by atoms with E-state index in [2.05, 4.69) is 15.0 Å². The quantitative estimate of drug-likeness (QED) is 0.430. The van der Waals surface area contributed by atoms with E-state index in [4.69, 9.17) is 14.2 Å². The number of aromatic nitrogens is 2. The number of esters is 2. The second-order valence-corrected chi connectivity index (χ2v) is 4.84. The van der Waals surface area contributed by atoms with Crippen LogP contribution in [-0.2, 0) is 19.1 Å². The Kier molecular flexibility index (Phi) is 6.39. The van der Waals surface area contributed by atoms with Crippen LogP contribution in [0.1, 0.15) is 13.8 Å². The summed E-state index contributed by atoms with van der Waals surface area (Å²) in [5, 5.41) is 0.658. The van der Waals surface area contributed by atoms with Crippen LogP contribution in [0.5, 0.6) is 5.75 Å². The fourth-order valence-electron chi connectivity index (χ4n) is 2.08. The van der Waals surface area contributed by atoms with Gasteiger partial charge in [0.2, 0.25) is 0 Å². The van der Waals surface area contributed by atoms with E-state index in [0.717, 1.165) is 0 Å². The van der Waals surface area contributed by atoms with Crippen LogP contribution in [0.15, 0.2) is 29.5 Å². The highest BCUT2D eigenvalue weighted by Crippen LogP contribution is 2.25. The lowest BCUT2D eigenvalue weighted by molar-refractivity contribution is -0.157. The molecule has 0 spiro atoms. The maximum Gasteiger partial charge on any atom is 0.325 e. The van der Waals surface area contributed by atoms with Crippen LogP contribution in [0, 0.1) is 5.92 Å². The van der Waals surface area contributed by atoms with Crippen LogP contribution in [0.4, 0.5) is 5.82 Å². The third-order valence-corrected chi connectivity index (χ3v) is 3.25. The standard InChI is InChI=1S/C17H19N3O5/c1-4-24-16(21)13(17(22)25-5-2)9-18-15-12-7-6-11(23-3)8-14(12)19-10-20-15/h6-10,13H,4-5H2,1-3H3. The van der Waals surface area contributed by atoms with E-state index >= 15 is 0 Å². The van der Waals surface area contributed by atoms with Gasteiger partial charge in [0, 0.05) is 17.7 Å². The van der Waals surface area contributed by atoms with Crippen molar-refractivity contribution in [2.24, 2.45) is 10.9 Å². The summed E-state index contributed by atoms with van der Waals surface area (Å²) < 4.78 is 15.0. The fourth-order valence-corrected chi connectivity index (χ4v) is 2.08. The Morgan fingerprint density at radius 2 is 1.84 bits per heavy atom. The van der Waals surface area contributed by atoms with Gasteiger partial charge in [0.05, 0.1) is 25.8 Å². The Balaban J connectivity index is 2.35. The number of hydrogen-bond acceptors (Lipinski definition) is 8. The first-order chi connectivity index (χ1) is 12.1. The van der Waals surface area contributed by atoms with E-state index in [0.29, 0.717) is 22.5 Å². The molecule has 1 heterocycles. The number of aliphatic imine (C=N–C) groups is 1. The third-order valence-electron chi connectivity index (χ3n) is 3.25. The number of benzene rings is 1. The van der Waals surface area contributed by atoms with Crippen molar-refractivity contribution in [1.29, 1.82) is 0 Å². The Hall–Kier alpha value is -3.03. The van der Waals surface area contributed by atoms with Crippen LogP contribution < -0.4 is 4.74 Å². The molecular formula is C17H19N3O5. The number of hydrogen-bond donors (Lipinski definition) is 0. The van der Waals surface area contributed by atoms with Gasteiger partial charge in [0.1, 0.15) is 12.1 Å². The van der Waals surface area contributed by atoms with E-state index in [-0.39, 0.29) is 13.2 Å². The molecule has 0 N–H and O–H groups in total. The molecule has 0 aliphatic rings. The van der Waals surface area contributed by atoms with E-state index in [1.807, 2.05) is 0 Å². The Morgan fingerprint density at radius 1 is 1.16 bits per heavy atom. The first-order valence-corrected chi connectivity index (χ1v) is 7.76. The molecular weight excluding hydrogens is 326 g/mol. The SMILES string of the molecule is CCOC(=O)C(C=Nc1ncnc2cc(OC)ccc12)C(=O)OCC. The average molecular weight is 345 g/mol. The van der Waals surface area contributed by atoms with Gasteiger partial charge in [-0.15, -0.1) is 0 Å². The predicted molar refractivity (Wildman–Crippen MR) is 91.0 cm³/mol. The maximum absolute atomic E-state index is 12.0. The highest BCUT2D eigenvalue weighted by atomic mass is 16.6. The average Bonchev–Trinajstić information content (AvgIpc) is 2.62. The summed E-state index contributed by atoms with van der Waals surface area (Å²) in [6.07, 6.45) is 2.53. The molecule has 0 atom stereocenters. The molecule has 8 nitrogen and oxygen atoms in total. The number of methoxy groups -OCH3 is 1. The van der Waals surface area contributed by atoms with Gasteiger partial charge in [-0.1, -0.05) is 0 Å². The summed E-state index contributed by atoms with van der Waals surface area (Å²) in [7, 11) is 1.56. The van der Waals surface area contributed by atoms with E-state index in [9.17, 15) is 9.59 Å². The topological polar surface area (TPSA) is 100.0 Å². The van der Waals surface area contributed by atoms with Gasteiger partial charge in [-0.25, -0.2) is 15.0 Å². The molecule has 0 saturated carbocycles.